The first kappa shape index (κ1) is 19.9. The maximum atomic E-state index is 6.41. The molecule has 1 aliphatic carbocycles. The van der Waals surface area contributed by atoms with E-state index in [1.807, 2.05) is 48.5 Å². The number of benzene rings is 2. The fourth-order valence-corrected chi connectivity index (χ4v) is 4.04. The zero-order valence-electron chi connectivity index (χ0n) is 16.1. The monoisotopic (exact) mass is 426 g/mol. The highest BCUT2D eigenvalue weighted by molar-refractivity contribution is 7.71. The number of ether oxygens (including phenoxy) is 1. The molecule has 0 unspecified atom stereocenters. The van der Waals surface area contributed by atoms with Crippen molar-refractivity contribution >= 4 is 30.0 Å². The van der Waals surface area contributed by atoms with Gasteiger partial charge in [0.1, 0.15) is 12.4 Å². The van der Waals surface area contributed by atoms with Gasteiger partial charge < -0.3 is 4.74 Å². The van der Waals surface area contributed by atoms with Gasteiger partial charge in [0.15, 0.2) is 5.82 Å². The fraction of sp³-hybridized carbons (Fsp3) is 0.318. The van der Waals surface area contributed by atoms with E-state index in [4.69, 9.17) is 28.6 Å². The van der Waals surface area contributed by atoms with Crippen LogP contribution in [0.4, 0.5) is 0 Å². The van der Waals surface area contributed by atoms with Crippen LogP contribution in [0.3, 0.4) is 0 Å². The number of H-pyrrole nitrogens is 1. The second-order valence-corrected chi connectivity index (χ2v) is 8.04. The average Bonchev–Trinajstić information content (AvgIpc) is 3.13. The van der Waals surface area contributed by atoms with Gasteiger partial charge >= 0.3 is 0 Å². The van der Waals surface area contributed by atoms with Gasteiger partial charge in [-0.25, -0.2) is 0 Å². The quantitative estimate of drug-likeness (QED) is 0.382. The van der Waals surface area contributed by atoms with Crippen LogP contribution in [0, 0.1) is 4.77 Å². The van der Waals surface area contributed by atoms with Crippen molar-refractivity contribution in [3.8, 4) is 5.75 Å². The van der Waals surface area contributed by atoms with E-state index < -0.39 is 0 Å². The molecule has 0 radical (unpaired) electrons. The summed E-state index contributed by atoms with van der Waals surface area (Å²) in [6.07, 6.45) is 7.78. The first-order valence-corrected chi connectivity index (χ1v) is 10.7. The van der Waals surface area contributed by atoms with Gasteiger partial charge in [-0.05, 0) is 54.4 Å². The van der Waals surface area contributed by atoms with E-state index in [2.05, 4.69) is 15.3 Å². The van der Waals surface area contributed by atoms with E-state index in [0.717, 1.165) is 29.8 Å². The Morgan fingerprint density at radius 2 is 1.97 bits per heavy atom. The predicted molar refractivity (Wildman–Crippen MR) is 118 cm³/mol. The summed E-state index contributed by atoms with van der Waals surface area (Å²) in [6, 6.07) is 15.6. The van der Waals surface area contributed by atoms with E-state index >= 15 is 0 Å². The molecule has 0 atom stereocenters. The minimum absolute atomic E-state index is 0.409. The highest BCUT2D eigenvalue weighted by atomic mass is 35.5. The van der Waals surface area contributed by atoms with Crippen LogP contribution in [0.1, 0.15) is 55.0 Å². The minimum Gasteiger partial charge on any atom is -0.487 e. The lowest BCUT2D eigenvalue weighted by molar-refractivity contribution is 0.306. The van der Waals surface area contributed by atoms with Gasteiger partial charge in [-0.2, -0.15) is 14.9 Å². The van der Waals surface area contributed by atoms with Gasteiger partial charge in [0.2, 0.25) is 4.77 Å². The minimum atomic E-state index is 0.409. The van der Waals surface area contributed by atoms with Crippen LogP contribution >= 0.6 is 23.8 Å². The van der Waals surface area contributed by atoms with Crippen LogP contribution in [-0.2, 0) is 6.61 Å². The number of nitrogens with zero attached hydrogens (tertiary/aromatic N) is 3. The third kappa shape index (κ3) is 4.95. The van der Waals surface area contributed by atoms with Gasteiger partial charge in [0.25, 0.3) is 0 Å². The lowest BCUT2D eigenvalue weighted by Gasteiger charge is -2.19. The molecule has 7 heteroatoms. The van der Waals surface area contributed by atoms with Crippen LogP contribution < -0.4 is 4.74 Å². The topological polar surface area (TPSA) is 55.2 Å². The molecule has 0 saturated heterocycles. The van der Waals surface area contributed by atoms with Crippen molar-refractivity contribution in [3.63, 3.8) is 0 Å². The maximum absolute atomic E-state index is 6.41. The molecule has 1 saturated carbocycles. The number of halogens is 1. The van der Waals surface area contributed by atoms with Gasteiger partial charge in [-0.15, -0.1) is 0 Å². The number of hydrogen-bond acceptors (Lipinski definition) is 4. The van der Waals surface area contributed by atoms with Crippen LogP contribution in [-0.4, -0.2) is 21.1 Å². The Balaban J connectivity index is 1.47. The zero-order valence-corrected chi connectivity index (χ0v) is 17.6. The molecule has 4 rings (SSSR count). The van der Waals surface area contributed by atoms with Gasteiger partial charge in [0.05, 0.1) is 11.2 Å². The second kappa shape index (κ2) is 9.37. The number of aromatic amines is 1. The molecule has 0 bridgehead atoms. The molecular weight excluding hydrogens is 404 g/mol. The Morgan fingerprint density at radius 3 is 2.72 bits per heavy atom. The van der Waals surface area contributed by atoms with Crippen LogP contribution in [0.5, 0.6) is 5.75 Å². The van der Waals surface area contributed by atoms with E-state index in [9.17, 15) is 0 Å². The molecule has 5 nitrogen and oxygen atoms in total. The standard InChI is InChI=1S/C22H23ClN4OS/c23-19-13-17(11-12-20(19)28-15-16-7-3-1-4-8-16)14-24-27-21(25-26-22(27)29)18-9-5-2-6-10-18/h1,3-4,7-8,11-14,18H,2,5-6,9-10,15H2,(H,26,29)/b24-14-. The van der Waals surface area contributed by atoms with E-state index in [1.165, 1.54) is 19.3 Å². The number of hydrogen-bond donors (Lipinski definition) is 1. The van der Waals surface area contributed by atoms with E-state index in [-0.39, 0.29) is 0 Å². The summed E-state index contributed by atoms with van der Waals surface area (Å²) in [7, 11) is 0. The second-order valence-electron chi connectivity index (χ2n) is 7.24. The van der Waals surface area contributed by atoms with Crippen LogP contribution in [0.15, 0.2) is 53.6 Å². The number of nitrogens with one attached hydrogen (secondary N) is 1. The van der Waals surface area contributed by atoms with Gasteiger partial charge in [-0.1, -0.05) is 61.2 Å². The third-order valence-electron chi connectivity index (χ3n) is 5.16. The molecular formula is C22H23ClN4OS. The molecule has 29 heavy (non-hydrogen) atoms. The number of aromatic nitrogens is 3. The molecule has 1 fully saturated rings. The third-order valence-corrected chi connectivity index (χ3v) is 5.72. The highest BCUT2D eigenvalue weighted by Gasteiger charge is 2.21. The van der Waals surface area contributed by atoms with E-state index in [1.54, 1.807) is 10.9 Å². The molecule has 150 valence electrons. The van der Waals surface area contributed by atoms with Gasteiger partial charge in [-0.3, -0.25) is 5.10 Å². The van der Waals surface area contributed by atoms with Crippen molar-refractivity contribution in [1.29, 1.82) is 0 Å². The normalized spacial score (nSPS) is 15.1. The molecule has 1 aliphatic rings. The van der Waals surface area contributed by atoms with Crippen LogP contribution in [0.2, 0.25) is 5.02 Å². The molecule has 0 spiro atoms. The Kier molecular flexibility index (Phi) is 6.42. The smallest absolute Gasteiger partial charge is 0.216 e. The maximum Gasteiger partial charge on any atom is 0.216 e. The molecule has 0 amide bonds. The first-order chi connectivity index (χ1) is 14.2. The summed E-state index contributed by atoms with van der Waals surface area (Å²) >= 11 is 11.8. The molecule has 1 heterocycles. The average molecular weight is 427 g/mol. The van der Waals surface area contributed by atoms with Crippen LogP contribution in [0.25, 0.3) is 0 Å². The largest absolute Gasteiger partial charge is 0.487 e. The Morgan fingerprint density at radius 1 is 1.17 bits per heavy atom. The van der Waals surface area contributed by atoms with Crippen molar-refractivity contribution in [2.75, 3.05) is 0 Å². The molecule has 1 N–H and O–H groups in total. The Labute approximate surface area is 180 Å². The molecule has 3 aromatic rings. The lowest BCUT2D eigenvalue weighted by atomic mass is 9.89. The summed E-state index contributed by atoms with van der Waals surface area (Å²) < 4.78 is 8.08. The summed E-state index contributed by atoms with van der Waals surface area (Å²) in [5.74, 6) is 1.97. The van der Waals surface area contributed by atoms with E-state index in [0.29, 0.717) is 28.1 Å². The highest BCUT2D eigenvalue weighted by Crippen LogP contribution is 2.31. The summed E-state index contributed by atoms with van der Waals surface area (Å²) in [5.41, 5.74) is 1.97. The predicted octanol–water partition coefficient (Wildman–Crippen LogP) is 6.10. The summed E-state index contributed by atoms with van der Waals surface area (Å²) in [4.78, 5) is 0. The Hall–Kier alpha value is -2.44. The van der Waals surface area contributed by atoms with Crippen molar-refractivity contribution in [2.45, 2.75) is 44.6 Å². The molecule has 2 aromatic carbocycles. The van der Waals surface area contributed by atoms with Crippen molar-refractivity contribution in [1.82, 2.24) is 14.9 Å². The Bertz CT molecular complexity index is 1040. The number of rotatable bonds is 6. The summed E-state index contributed by atoms with van der Waals surface area (Å²) in [6.45, 7) is 0.475. The zero-order chi connectivity index (χ0) is 20.1. The van der Waals surface area contributed by atoms with Gasteiger partial charge in [0, 0.05) is 5.92 Å². The van der Waals surface area contributed by atoms with Crippen molar-refractivity contribution < 1.29 is 4.74 Å². The molecule has 0 aliphatic heterocycles. The van der Waals surface area contributed by atoms with Crippen molar-refractivity contribution in [3.05, 3.63) is 75.3 Å². The SMILES string of the molecule is S=c1[nH]nc(C2CCCCC2)n1/N=C\c1ccc(OCc2ccccc2)c(Cl)c1. The fourth-order valence-electron chi connectivity index (χ4n) is 3.61. The molecule has 1 aromatic heterocycles. The lowest BCUT2D eigenvalue weighted by Crippen LogP contribution is -2.10. The first-order valence-electron chi connectivity index (χ1n) is 9.88. The summed E-state index contributed by atoms with van der Waals surface area (Å²) in [5, 5.41) is 12.4. The van der Waals surface area contributed by atoms with Crippen molar-refractivity contribution in [2.24, 2.45) is 5.10 Å².